The minimum absolute atomic E-state index is 0.0420. The second-order valence-electron chi connectivity index (χ2n) is 8.20. The lowest BCUT2D eigenvalue weighted by molar-refractivity contribution is 0.0690. The van der Waals surface area contributed by atoms with Crippen molar-refractivity contribution in [2.24, 2.45) is 0 Å². The first-order valence-corrected chi connectivity index (χ1v) is 11.3. The third-order valence-corrected chi connectivity index (χ3v) is 5.92. The maximum Gasteiger partial charge on any atom is 0.356 e. The van der Waals surface area contributed by atoms with Gasteiger partial charge in [0.15, 0.2) is 23.1 Å². The number of H-pyrrole nitrogens is 1. The number of aromatic carboxylic acids is 1. The molecule has 1 heterocycles. The normalized spacial score (nSPS) is 10.9. The Morgan fingerprint density at radius 1 is 1.11 bits per heavy atom. The van der Waals surface area contributed by atoms with Gasteiger partial charge in [0, 0.05) is 30.8 Å². The highest BCUT2D eigenvalue weighted by Gasteiger charge is 2.22. The number of aromatic amines is 1. The van der Waals surface area contributed by atoms with Crippen LogP contribution in [-0.2, 0) is 12.8 Å². The Morgan fingerprint density at radius 2 is 1.86 bits per heavy atom. The fourth-order valence-corrected chi connectivity index (χ4v) is 4.01. The van der Waals surface area contributed by atoms with Crippen LogP contribution in [0.1, 0.15) is 39.8 Å². The summed E-state index contributed by atoms with van der Waals surface area (Å²) in [5.74, 6) is -4.47. The summed E-state index contributed by atoms with van der Waals surface area (Å²) < 4.78 is 49.9. The van der Waals surface area contributed by atoms with Gasteiger partial charge in [-0.05, 0) is 42.7 Å². The molecule has 0 radical (unpaired) electrons. The molecule has 0 aliphatic rings. The Bertz CT molecular complexity index is 1450. The van der Waals surface area contributed by atoms with Gasteiger partial charge in [-0.25, -0.2) is 22.9 Å². The molecule has 9 heteroatoms. The molecule has 0 saturated carbocycles. The monoisotopic (exact) mass is 495 g/mol. The Balaban J connectivity index is 1.73. The lowest BCUT2D eigenvalue weighted by Gasteiger charge is -2.15. The molecule has 6 nitrogen and oxygen atoms in total. The number of carboxylic acids is 1. The van der Waals surface area contributed by atoms with Crippen molar-refractivity contribution in [1.82, 2.24) is 9.97 Å². The summed E-state index contributed by atoms with van der Waals surface area (Å²) in [5.41, 5.74) is 2.35. The molecule has 0 aliphatic heterocycles. The van der Waals surface area contributed by atoms with Gasteiger partial charge in [0.1, 0.15) is 17.4 Å². The molecule has 4 rings (SSSR count). The van der Waals surface area contributed by atoms with Crippen LogP contribution in [-0.4, -0.2) is 28.1 Å². The zero-order valence-electron chi connectivity index (χ0n) is 19.9. The van der Waals surface area contributed by atoms with Crippen LogP contribution in [0.3, 0.4) is 0 Å². The van der Waals surface area contributed by atoms with Crippen molar-refractivity contribution in [2.45, 2.75) is 26.7 Å². The highest BCUT2D eigenvalue weighted by atomic mass is 19.1. The summed E-state index contributed by atoms with van der Waals surface area (Å²) in [4.78, 5) is 18.8. The van der Waals surface area contributed by atoms with Crippen LogP contribution in [0.25, 0.3) is 11.4 Å². The predicted molar refractivity (Wildman–Crippen MR) is 130 cm³/mol. The molecule has 3 N–H and O–H groups in total. The number of benzene rings is 3. The van der Waals surface area contributed by atoms with Crippen LogP contribution in [0.4, 0.5) is 18.9 Å². The molecular weight excluding hydrogens is 471 g/mol. The Labute approximate surface area is 205 Å². The zero-order valence-corrected chi connectivity index (χ0v) is 19.9. The van der Waals surface area contributed by atoms with Crippen molar-refractivity contribution in [3.63, 3.8) is 0 Å². The van der Waals surface area contributed by atoms with E-state index in [9.17, 15) is 23.1 Å². The molecule has 0 unspecified atom stereocenters. The number of nitrogens with zero attached hydrogens (tertiary/aromatic N) is 1. The van der Waals surface area contributed by atoms with Gasteiger partial charge in [0.25, 0.3) is 0 Å². The van der Waals surface area contributed by atoms with Gasteiger partial charge in [-0.3, -0.25) is 0 Å². The molecule has 186 valence electrons. The Kier molecular flexibility index (Phi) is 7.00. The molecule has 4 aromatic rings. The Morgan fingerprint density at radius 3 is 2.53 bits per heavy atom. The van der Waals surface area contributed by atoms with Crippen molar-refractivity contribution >= 4 is 11.7 Å². The van der Waals surface area contributed by atoms with Gasteiger partial charge in [0.05, 0.1) is 11.3 Å². The second kappa shape index (κ2) is 10.2. The first-order valence-electron chi connectivity index (χ1n) is 11.3. The van der Waals surface area contributed by atoms with Crippen LogP contribution >= 0.6 is 0 Å². The first-order chi connectivity index (χ1) is 17.2. The number of aromatic nitrogens is 2. The van der Waals surface area contributed by atoms with Gasteiger partial charge in [-0.2, -0.15) is 0 Å². The lowest BCUT2D eigenvalue weighted by atomic mass is 10.0. The second-order valence-corrected chi connectivity index (χ2v) is 8.20. The van der Waals surface area contributed by atoms with Crippen molar-refractivity contribution in [3.05, 3.63) is 94.1 Å². The van der Waals surface area contributed by atoms with E-state index in [1.165, 1.54) is 12.1 Å². The van der Waals surface area contributed by atoms with Crippen molar-refractivity contribution in [3.8, 4) is 22.9 Å². The van der Waals surface area contributed by atoms with Gasteiger partial charge >= 0.3 is 5.97 Å². The highest BCUT2D eigenvalue weighted by Crippen LogP contribution is 2.36. The van der Waals surface area contributed by atoms with E-state index in [1.807, 2.05) is 31.2 Å². The number of carbonyl (C=O) groups is 1. The number of halogens is 3. The number of ether oxygens (including phenoxy) is 1. The third-order valence-electron chi connectivity index (χ3n) is 5.92. The number of anilines is 1. The van der Waals surface area contributed by atoms with Crippen molar-refractivity contribution in [2.75, 3.05) is 12.4 Å². The number of hydrogen-bond donors (Lipinski definition) is 3. The number of nitrogens with one attached hydrogen (secondary N) is 2. The molecule has 0 aliphatic carbocycles. The average Bonchev–Trinajstić information content (AvgIpc) is 3.27. The fourth-order valence-electron chi connectivity index (χ4n) is 4.01. The van der Waals surface area contributed by atoms with E-state index in [0.717, 1.165) is 23.3 Å². The number of aryl methyl sites for hydroxylation is 1. The van der Waals surface area contributed by atoms with Gasteiger partial charge in [0.2, 0.25) is 0 Å². The topological polar surface area (TPSA) is 87.2 Å². The largest absolute Gasteiger partial charge is 0.476 e. The Hall–Kier alpha value is -4.27. The molecule has 0 fully saturated rings. The molecule has 3 aromatic carbocycles. The van der Waals surface area contributed by atoms with E-state index in [2.05, 4.69) is 15.3 Å². The summed E-state index contributed by atoms with van der Waals surface area (Å²) >= 11 is 0. The van der Waals surface area contributed by atoms with Crippen molar-refractivity contribution < 1.29 is 27.8 Å². The molecule has 36 heavy (non-hydrogen) atoms. The summed E-state index contributed by atoms with van der Waals surface area (Å²) in [7, 11) is 1.56. The predicted octanol–water partition coefficient (Wildman–Crippen LogP) is 6.49. The molecule has 0 amide bonds. The van der Waals surface area contributed by atoms with Crippen LogP contribution in [0.5, 0.6) is 11.5 Å². The molecule has 0 atom stereocenters. The molecule has 0 bridgehead atoms. The third kappa shape index (κ3) is 4.77. The van der Waals surface area contributed by atoms with E-state index < -0.39 is 29.2 Å². The van der Waals surface area contributed by atoms with E-state index in [-0.39, 0.29) is 34.8 Å². The highest BCUT2D eigenvalue weighted by molar-refractivity contribution is 5.88. The van der Waals surface area contributed by atoms with Crippen molar-refractivity contribution in [1.29, 1.82) is 0 Å². The molecule has 0 saturated heterocycles. The standard InChI is InChI=1S/C27H24F3N3O3/c1-4-17-21(31-3)13-20(29)25(23(17)30)36-16-9-10-19(28)18(12-16)26-32-22(24(33-26)27(34)35)11-15-8-6-5-7-14(15)2/h5-10,12-13,31H,4,11H2,1-3H3,(H,32,33)(H,34,35). The van der Waals surface area contributed by atoms with Gasteiger partial charge < -0.3 is 20.1 Å². The van der Waals surface area contributed by atoms with E-state index in [4.69, 9.17) is 4.74 Å². The van der Waals surface area contributed by atoms with E-state index in [1.54, 1.807) is 14.0 Å². The van der Waals surface area contributed by atoms with Crippen LogP contribution in [0, 0.1) is 24.4 Å². The number of carboxylic acid groups (broad SMARTS) is 1. The van der Waals surface area contributed by atoms with Crippen LogP contribution < -0.4 is 10.1 Å². The van der Waals surface area contributed by atoms with E-state index >= 15 is 0 Å². The SMILES string of the molecule is CCc1c(NC)cc(F)c(Oc2ccc(F)c(-c3nc(C(=O)O)c(Cc4ccccc4C)[nH]3)c2)c1F. The van der Waals surface area contributed by atoms with Crippen LogP contribution in [0.15, 0.2) is 48.5 Å². The first kappa shape index (κ1) is 24.8. The zero-order chi connectivity index (χ0) is 26.0. The summed E-state index contributed by atoms with van der Waals surface area (Å²) in [5, 5.41) is 12.4. The fraction of sp³-hybridized carbons (Fsp3) is 0.185. The molecule has 0 spiro atoms. The van der Waals surface area contributed by atoms with E-state index in [0.29, 0.717) is 17.8 Å². The lowest BCUT2D eigenvalue weighted by Crippen LogP contribution is -2.03. The number of imidazole rings is 1. The number of rotatable bonds is 8. The minimum atomic E-state index is -1.27. The van der Waals surface area contributed by atoms with Gasteiger partial charge in [-0.15, -0.1) is 0 Å². The summed E-state index contributed by atoms with van der Waals surface area (Å²) in [6, 6.07) is 12.1. The number of hydrogen-bond acceptors (Lipinski definition) is 4. The molecule has 1 aromatic heterocycles. The average molecular weight is 496 g/mol. The van der Waals surface area contributed by atoms with Gasteiger partial charge in [-0.1, -0.05) is 31.2 Å². The van der Waals surface area contributed by atoms with Crippen LogP contribution in [0.2, 0.25) is 0 Å². The smallest absolute Gasteiger partial charge is 0.356 e. The maximum absolute atomic E-state index is 15.0. The minimum Gasteiger partial charge on any atom is -0.476 e. The quantitative estimate of drug-likeness (QED) is 0.260. The summed E-state index contributed by atoms with van der Waals surface area (Å²) in [6.45, 7) is 3.63. The maximum atomic E-state index is 15.0. The summed E-state index contributed by atoms with van der Waals surface area (Å²) in [6.07, 6.45) is 0.536. The molecular formula is C27H24F3N3O3.